The van der Waals surface area contributed by atoms with Gasteiger partial charge in [-0.05, 0) is 41.7 Å². The summed E-state index contributed by atoms with van der Waals surface area (Å²) in [6, 6.07) is 10.0. The maximum Gasteiger partial charge on any atom is 0.162 e. The van der Waals surface area contributed by atoms with Gasteiger partial charge in [0.25, 0.3) is 0 Å². The lowest BCUT2D eigenvalue weighted by Crippen LogP contribution is -2.21. The predicted octanol–water partition coefficient (Wildman–Crippen LogP) is 4.96. The lowest BCUT2D eigenvalue weighted by molar-refractivity contribution is 0.309. The molecule has 5 heteroatoms. The lowest BCUT2D eigenvalue weighted by Gasteiger charge is -2.15. The van der Waals surface area contributed by atoms with Crippen LogP contribution in [0.25, 0.3) is 0 Å². The molecule has 142 valence electrons. The first-order valence-electron chi connectivity index (χ1n) is 8.80. The minimum atomic E-state index is 0.434. The molecular formula is C21H28ClNO3. The van der Waals surface area contributed by atoms with E-state index in [1.807, 2.05) is 6.07 Å². The summed E-state index contributed by atoms with van der Waals surface area (Å²) in [5.41, 5.74) is 3.40. The number of ether oxygens (including phenoxy) is 3. The molecule has 0 heterocycles. The summed E-state index contributed by atoms with van der Waals surface area (Å²) < 4.78 is 16.6. The van der Waals surface area contributed by atoms with E-state index in [-0.39, 0.29) is 0 Å². The largest absolute Gasteiger partial charge is 0.493 e. The van der Waals surface area contributed by atoms with E-state index in [9.17, 15) is 0 Å². The summed E-state index contributed by atoms with van der Waals surface area (Å²) in [5, 5.41) is 4.01. The van der Waals surface area contributed by atoms with Crippen LogP contribution in [0.4, 0.5) is 0 Å². The first kappa shape index (κ1) is 20.4. The Kier molecular flexibility index (Phi) is 7.61. The molecule has 0 amide bonds. The zero-order chi connectivity index (χ0) is 19.1. The highest BCUT2D eigenvalue weighted by Crippen LogP contribution is 2.33. The molecule has 4 nitrogen and oxygen atoms in total. The summed E-state index contributed by atoms with van der Waals surface area (Å²) in [7, 11) is 3.21. The van der Waals surface area contributed by atoms with Crippen LogP contribution in [0.15, 0.2) is 30.3 Å². The van der Waals surface area contributed by atoms with Crippen molar-refractivity contribution in [1.29, 1.82) is 0 Å². The third kappa shape index (κ3) is 5.29. The van der Waals surface area contributed by atoms with Gasteiger partial charge in [-0.3, -0.25) is 0 Å². The van der Waals surface area contributed by atoms with E-state index >= 15 is 0 Å². The Bertz CT molecular complexity index is 731. The van der Waals surface area contributed by atoms with Gasteiger partial charge in [0.1, 0.15) is 12.4 Å². The number of nitrogens with one attached hydrogen (secondary N) is 1. The highest BCUT2D eigenvalue weighted by Gasteiger charge is 2.10. The molecule has 0 spiro atoms. The van der Waals surface area contributed by atoms with Crippen LogP contribution >= 0.6 is 11.6 Å². The fourth-order valence-electron chi connectivity index (χ4n) is 2.73. The van der Waals surface area contributed by atoms with Crippen LogP contribution in [-0.4, -0.2) is 27.4 Å². The summed E-state index contributed by atoms with van der Waals surface area (Å²) >= 11 is 6.31. The monoisotopic (exact) mass is 377 g/mol. The van der Waals surface area contributed by atoms with E-state index in [4.69, 9.17) is 25.8 Å². The van der Waals surface area contributed by atoms with E-state index in [0.717, 1.165) is 17.9 Å². The molecule has 0 fully saturated rings. The van der Waals surface area contributed by atoms with Crippen molar-refractivity contribution in [2.45, 2.75) is 33.2 Å². The fourth-order valence-corrected chi connectivity index (χ4v) is 2.95. The lowest BCUT2D eigenvalue weighted by atomic mass is 10.0. The second kappa shape index (κ2) is 9.70. The van der Waals surface area contributed by atoms with E-state index in [1.54, 1.807) is 20.3 Å². The Morgan fingerprint density at radius 1 is 1.00 bits per heavy atom. The normalized spacial score (nSPS) is 10.9. The van der Waals surface area contributed by atoms with Gasteiger partial charge >= 0.3 is 0 Å². The van der Waals surface area contributed by atoms with Crippen molar-refractivity contribution in [2.24, 2.45) is 0 Å². The smallest absolute Gasteiger partial charge is 0.162 e. The van der Waals surface area contributed by atoms with Crippen LogP contribution in [0.1, 0.15) is 36.5 Å². The van der Waals surface area contributed by atoms with Gasteiger partial charge in [0, 0.05) is 24.2 Å². The van der Waals surface area contributed by atoms with E-state index in [2.05, 4.69) is 44.3 Å². The van der Waals surface area contributed by atoms with Gasteiger partial charge in [-0.15, -0.1) is 0 Å². The maximum atomic E-state index is 6.31. The van der Waals surface area contributed by atoms with Crippen molar-refractivity contribution >= 4 is 11.6 Å². The van der Waals surface area contributed by atoms with Crippen LogP contribution in [-0.2, 0) is 6.54 Å². The number of halogens is 1. The van der Waals surface area contributed by atoms with Crippen molar-refractivity contribution < 1.29 is 14.2 Å². The van der Waals surface area contributed by atoms with Crippen molar-refractivity contribution in [3.8, 4) is 17.2 Å². The Balaban J connectivity index is 1.89. The Labute approximate surface area is 161 Å². The molecule has 2 aromatic carbocycles. The summed E-state index contributed by atoms with van der Waals surface area (Å²) in [6.45, 7) is 8.37. The van der Waals surface area contributed by atoms with Gasteiger partial charge in [0.05, 0.1) is 14.2 Å². The second-order valence-electron chi connectivity index (χ2n) is 6.52. The van der Waals surface area contributed by atoms with Crippen LogP contribution < -0.4 is 19.5 Å². The molecule has 1 N–H and O–H groups in total. The number of methoxy groups -OCH3 is 2. The van der Waals surface area contributed by atoms with Gasteiger partial charge < -0.3 is 19.5 Å². The Morgan fingerprint density at radius 2 is 1.69 bits per heavy atom. The molecule has 0 bridgehead atoms. The van der Waals surface area contributed by atoms with E-state index in [0.29, 0.717) is 35.6 Å². The van der Waals surface area contributed by atoms with E-state index in [1.165, 1.54) is 11.1 Å². The zero-order valence-corrected chi connectivity index (χ0v) is 16.9. The van der Waals surface area contributed by atoms with Crippen LogP contribution in [0, 0.1) is 6.92 Å². The Morgan fingerprint density at radius 3 is 2.35 bits per heavy atom. The average molecular weight is 378 g/mol. The molecule has 0 aliphatic rings. The fraction of sp³-hybridized carbons (Fsp3) is 0.429. The van der Waals surface area contributed by atoms with Gasteiger partial charge in [0.2, 0.25) is 0 Å². The number of rotatable bonds is 9. The summed E-state index contributed by atoms with van der Waals surface area (Å²) in [5.74, 6) is 2.70. The quantitative estimate of drug-likeness (QED) is 0.627. The number of hydrogen-bond donors (Lipinski definition) is 1. The Hall–Kier alpha value is -1.91. The van der Waals surface area contributed by atoms with Gasteiger partial charge in [-0.2, -0.15) is 0 Å². The molecule has 0 aromatic heterocycles. The second-order valence-corrected chi connectivity index (χ2v) is 6.93. The SMILES string of the molecule is COc1cc(Cl)c(CNCCOc2cc(C)ccc2C(C)C)cc1OC. The summed E-state index contributed by atoms with van der Waals surface area (Å²) in [6.07, 6.45) is 0. The van der Waals surface area contributed by atoms with Crippen molar-refractivity contribution in [2.75, 3.05) is 27.4 Å². The molecule has 0 radical (unpaired) electrons. The highest BCUT2D eigenvalue weighted by atomic mass is 35.5. The topological polar surface area (TPSA) is 39.7 Å². The molecule has 0 atom stereocenters. The van der Waals surface area contributed by atoms with Crippen molar-refractivity contribution in [1.82, 2.24) is 5.32 Å². The molecule has 0 aliphatic heterocycles. The number of aryl methyl sites for hydroxylation is 1. The molecule has 26 heavy (non-hydrogen) atoms. The first-order chi connectivity index (χ1) is 12.5. The minimum absolute atomic E-state index is 0.434. The minimum Gasteiger partial charge on any atom is -0.493 e. The first-order valence-corrected chi connectivity index (χ1v) is 9.18. The molecule has 2 rings (SSSR count). The van der Waals surface area contributed by atoms with Gasteiger partial charge in [-0.25, -0.2) is 0 Å². The molecule has 2 aromatic rings. The van der Waals surface area contributed by atoms with Gasteiger partial charge in [-0.1, -0.05) is 37.6 Å². The predicted molar refractivity (Wildman–Crippen MR) is 107 cm³/mol. The number of hydrogen-bond acceptors (Lipinski definition) is 4. The molecule has 0 aliphatic carbocycles. The van der Waals surface area contributed by atoms with Gasteiger partial charge in [0.15, 0.2) is 11.5 Å². The van der Waals surface area contributed by atoms with Crippen LogP contribution in [0.3, 0.4) is 0 Å². The standard InChI is InChI=1S/C21H28ClNO3/c1-14(2)17-7-6-15(3)10-19(17)26-9-8-23-13-16-11-20(24-4)21(25-5)12-18(16)22/h6-7,10-12,14,23H,8-9,13H2,1-5H3. The van der Waals surface area contributed by atoms with Crippen LogP contribution in [0.2, 0.25) is 5.02 Å². The zero-order valence-electron chi connectivity index (χ0n) is 16.2. The molecule has 0 saturated carbocycles. The molecule has 0 unspecified atom stereocenters. The third-order valence-electron chi connectivity index (χ3n) is 4.20. The van der Waals surface area contributed by atoms with E-state index < -0.39 is 0 Å². The maximum absolute atomic E-state index is 6.31. The third-order valence-corrected chi connectivity index (χ3v) is 4.55. The van der Waals surface area contributed by atoms with Crippen molar-refractivity contribution in [3.05, 3.63) is 52.0 Å². The summed E-state index contributed by atoms with van der Waals surface area (Å²) in [4.78, 5) is 0. The average Bonchev–Trinajstić information content (AvgIpc) is 2.62. The van der Waals surface area contributed by atoms with Crippen LogP contribution in [0.5, 0.6) is 17.2 Å². The highest BCUT2D eigenvalue weighted by molar-refractivity contribution is 6.31. The molecule has 0 saturated heterocycles. The number of benzene rings is 2. The van der Waals surface area contributed by atoms with Crippen molar-refractivity contribution in [3.63, 3.8) is 0 Å². The molecular weight excluding hydrogens is 350 g/mol.